The van der Waals surface area contributed by atoms with Crippen LogP contribution in [0.4, 0.5) is 0 Å². The van der Waals surface area contributed by atoms with Crippen molar-refractivity contribution in [1.29, 1.82) is 0 Å². The van der Waals surface area contributed by atoms with Crippen molar-refractivity contribution < 1.29 is 9.84 Å². The first-order valence-corrected chi connectivity index (χ1v) is 6.72. The van der Waals surface area contributed by atoms with E-state index in [0.717, 1.165) is 25.1 Å². The van der Waals surface area contributed by atoms with Gasteiger partial charge in [-0.1, -0.05) is 26.0 Å². The lowest BCUT2D eigenvalue weighted by molar-refractivity contribution is 0.0320. The second-order valence-corrected chi connectivity index (χ2v) is 4.77. The van der Waals surface area contributed by atoms with Crippen LogP contribution in [0.25, 0.3) is 0 Å². The summed E-state index contributed by atoms with van der Waals surface area (Å²) in [6, 6.07) is 8.02. The van der Waals surface area contributed by atoms with Gasteiger partial charge in [-0.05, 0) is 37.5 Å². The van der Waals surface area contributed by atoms with Crippen LogP contribution in [-0.4, -0.2) is 30.4 Å². The van der Waals surface area contributed by atoms with Crippen molar-refractivity contribution in [1.82, 2.24) is 5.32 Å². The average molecular weight is 251 g/mol. The Hall–Kier alpha value is -1.06. The molecule has 1 aromatic rings. The molecule has 0 fully saturated rings. The van der Waals surface area contributed by atoms with Crippen LogP contribution in [0.3, 0.4) is 0 Å². The third-order valence-electron chi connectivity index (χ3n) is 3.31. The van der Waals surface area contributed by atoms with Gasteiger partial charge in [-0.25, -0.2) is 0 Å². The van der Waals surface area contributed by atoms with E-state index in [0.29, 0.717) is 13.2 Å². The van der Waals surface area contributed by atoms with Crippen LogP contribution in [0, 0.1) is 6.92 Å². The summed E-state index contributed by atoms with van der Waals surface area (Å²) in [7, 11) is 0. The molecule has 0 aliphatic heterocycles. The van der Waals surface area contributed by atoms with Crippen molar-refractivity contribution in [2.45, 2.75) is 39.2 Å². The summed E-state index contributed by atoms with van der Waals surface area (Å²) in [5.74, 6) is 0.901. The molecule has 0 saturated carbocycles. The quantitative estimate of drug-likeness (QED) is 0.698. The van der Waals surface area contributed by atoms with Crippen LogP contribution in [0.15, 0.2) is 24.3 Å². The van der Waals surface area contributed by atoms with E-state index in [2.05, 4.69) is 5.32 Å². The smallest absolute Gasteiger partial charge is 0.119 e. The molecule has 0 aliphatic carbocycles. The molecule has 0 radical (unpaired) electrons. The lowest BCUT2D eigenvalue weighted by Crippen LogP contribution is -2.40. The van der Waals surface area contributed by atoms with Gasteiger partial charge in [0.25, 0.3) is 0 Å². The molecule has 0 bridgehead atoms. The highest BCUT2D eigenvalue weighted by atomic mass is 16.5. The number of aryl methyl sites for hydroxylation is 1. The summed E-state index contributed by atoms with van der Waals surface area (Å²) in [6.45, 7) is 8.05. The number of aliphatic hydroxyl groups is 1. The minimum absolute atomic E-state index is 0.580. The Balaban J connectivity index is 2.19. The Morgan fingerprint density at radius 2 is 2.00 bits per heavy atom. The first-order chi connectivity index (χ1) is 8.59. The SMILES string of the molecule is CCC(O)(CC)CNCCOc1cccc(C)c1. The van der Waals surface area contributed by atoms with E-state index in [4.69, 9.17) is 4.74 Å². The van der Waals surface area contributed by atoms with Gasteiger partial charge in [-0.15, -0.1) is 0 Å². The van der Waals surface area contributed by atoms with Crippen molar-refractivity contribution in [3.8, 4) is 5.75 Å². The molecule has 0 aromatic heterocycles. The van der Waals surface area contributed by atoms with E-state index in [1.54, 1.807) is 0 Å². The molecule has 1 rings (SSSR count). The van der Waals surface area contributed by atoms with E-state index in [1.165, 1.54) is 5.56 Å². The second kappa shape index (κ2) is 7.39. The molecule has 0 heterocycles. The third-order valence-corrected chi connectivity index (χ3v) is 3.31. The number of ether oxygens (including phenoxy) is 1. The molecule has 2 N–H and O–H groups in total. The molecule has 0 aliphatic rings. The minimum atomic E-state index is -0.580. The summed E-state index contributed by atoms with van der Waals surface area (Å²) in [5, 5.41) is 13.3. The Morgan fingerprint density at radius 1 is 1.28 bits per heavy atom. The fourth-order valence-electron chi connectivity index (χ4n) is 1.77. The highest BCUT2D eigenvalue weighted by molar-refractivity contribution is 5.27. The standard InChI is InChI=1S/C15H25NO2/c1-4-15(17,5-2)12-16-9-10-18-14-8-6-7-13(3)11-14/h6-8,11,16-17H,4-5,9-10,12H2,1-3H3. The zero-order chi connectivity index (χ0) is 13.4. The molecule has 0 atom stereocenters. The van der Waals surface area contributed by atoms with Crippen LogP contribution in [0.5, 0.6) is 5.75 Å². The second-order valence-electron chi connectivity index (χ2n) is 4.77. The van der Waals surface area contributed by atoms with Gasteiger partial charge >= 0.3 is 0 Å². The predicted octanol–water partition coefficient (Wildman–Crippen LogP) is 2.51. The first kappa shape index (κ1) is 15.0. The normalized spacial score (nSPS) is 11.6. The zero-order valence-corrected chi connectivity index (χ0v) is 11.7. The number of rotatable bonds is 8. The largest absolute Gasteiger partial charge is 0.492 e. The van der Waals surface area contributed by atoms with Gasteiger partial charge in [0.2, 0.25) is 0 Å². The highest BCUT2D eigenvalue weighted by Crippen LogP contribution is 2.13. The minimum Gasteiger partial charge on any atom is -0.492 e. The molecule has 1 aromatic carbocycles. The first-order valence-electron chi connectivity index (χ1n) is 6.72. The molecular weight excluding hydrogens is 226 g/mol. The van der Waals surface area contributed by atoms with Gasteiger partial charge in [0.1, 0.15) is 12.4 Å². The topological polar surface area (TPSA) is 41.5 Å². The lowest BCUT2D eigenvalue weighted by Gasteiger charge is -2.25. The van der Waals surface area contributed by atoms with Crippen LogP contribution < -0.4 is 10.1 Å². The van der Waals surface area contributed by atoms with Crippen LogP contribution in [-0.2, 0) is 0 Å². The molecule has 0 spiro atoms. The summed E-state index contributed by atoms with van der Waals surface area (Å²) < 4.78 is 5.62. The molecule has 0 amide bonds. The maximum Gasteiger partial charge on any atom is 0.119 e. The van der Waals surface area contributed by atoms with Crippen molar-refractivity contribution in [3.05, 3.63) is 29.8 Å². The maximum absolute atomic E-state index is 10.1. The van der Waals surface area contributed by atoms with E-state index < -0.39 is 5.60 Å². The van der Waals surface area contributed by atoms with Crippen LogP contribution >= 0.6 is 0 Å². The summed E-state index contributed by atoms with van der Waals surface area (Å²) in [5.41, 5.74) is 0.621. The van der Waals surface area contributed by atoms with Gasteiger partial charge in [0.15, 0.2) is 0 Å². The molecule has 0 saturated heterocycles. The van der Waals surface area contributed by atoms with Gasteiger partial charge in [-0.2, -0.15) is 0 Å². The Labute approximate surface area is 110 Å². The Bertz CT molecular complexity index is 348. The van der Waals surface area contributed by atoms with Crippen LogP contribution in [0.1, 0.15) is 32.3 Å². The van der Waals surface area contributed by atoms with Gasteiger partial charge < -0.3 is 15.2 Å². The predicted molar refractivity (Wildman–Crippen MR) is 75.1 cm³/mol. The molecule has 18 heavy (non-hydrogen) atoms. The van der Waals surface area contributed by atoms with E-state index in [1.807, 2.05) is 45.0 Å². The zero-order valence-electron chi connectivity index (χ0n) is 11.7. The Morgan fingerprint density at radius 3 is 2.61 bits per heavy atom. The van der Waals surface area contributed by atoms with Crippen LogP contribution in [0.2, 0.25) is 0 Å². The lowest BCUT2D eigenvalue weighted by atomic mass is 9.98. The van der Waals surface area contributed by atoms with E-state index in [-0.39, 0.29) is 0 Å². The fraction of sp³-hybridized carbons (Fsp3) is 0.600. The summed E-state index contributed by atoms with van der Waals surface area (Å²) in [6.07, 6.45) is 1.55. The summed E-state index contributed by atoms with van der Waals surface area (Å²) >= 11 is 0. The van der Waals surface area contributed by atoms with Gasteiger partial charge in [0, 0.05) is 13.1 Å². The number of hydrogen-bond donors (Lipinski definition) is 2. The summed E-state index contributed by atoms with van der Waals surface area (Å²) in [4.78, 5) is 0. The molecule has 3 heteroatoms. The van der Waals surface area contributed by atoms with Crippen molar-refractivity contribution in [2.24, 2.45) is 0 Å². The average Bonchev–Trinajstić information content (AvgIpc) is 2.38. The number of benzene rings is 1. The highest BCUT2D eigenvalue weighted by Gasteiger charge is 2.20. The molecule has 0 unspecified atom stereocenters. The van der Waals surface area contributed by atoms with Gasteiger partial charge in [-0.3, -0.25) is 0 Å². The Kier molecular flexibility index (Phi) is 6.16. The molecule has 3 nitrogen and oxygen atoms in total. The van der Waals surface area contributed by atoms with Crippen molar-refractivity contribution >= 4 is 0 Å². The number of nitrogens with one attached hydrogen (secondary N) is 1. The molecule has 102 valence electrons. The van der Waals surface area contributed by atoms with Gasteiger partial charge in [0.05, 0.1) is 5.60 Å². The molecular formula is C15H25NO2. The maximum atomic E-state index is 10.1. The third kappa shape index (κ3) is 5.07. The fourth-order valence-corrected chi connectivity index (χ4v) is 1.77. The van der Waals surface area contributed by atoms with Crippen molar-refractivity contribution in [2.75, 3.05) is 19.7 Å². The number of hydrogen-bond acceptors (Lipinski definition) is 3. The van der Waals surface area contributed by atoms with Crippen molar-refractivity contribution in [3.63, 3.8) is 0 Å². The van der Waals surface area contributed by atoms with E-state index in [9.17, 15) is 5.11 Å². The van der Waals surface area contributed by atoms with E-state index >= 15 is 0 Å². The monoisotopic (exact) mass is 251 g/mol.